The second-order valence-corrected chi connectivity index (χ2v) is 8.58. The molecule has 0 fully saturated rings. The van der Waals surface area contributed by atoms with Crippen molar-refractivity contribution in [3.05, 3.63) is 29.8 Å². The Bertz CT molecular complexity index is 717. The van der Waals surface area contributed by atoms with Crippen LogP contribution in [0.3, 0.4) is 0 Å². The van der Waals surface area contributed by atoms with Crippen LogP contribution in [0.1, 0.15) is 45.0 Å². The Labute approximate surface area is 149 Å². The van der Waals surface area contributed by atoms with Crippen LogP contribution < -0.4 is 5.73 Å². The minimum absolute atomic E-state index is 0.130. The maximum absolute atomic E-state index is 12.7. The van der Waals surface area contributed by atoms with Crippen molar-refractivity contribution in [3.8, 4) is 0 Å². The van der Waals surface area contributed by atoms with E-state index in [1.165, 1.54) is 33.5 Å². The van der Waals surface area contributed by atoms with Gasteiger partial charge in [-0.2, -0.15) is 4.31 Å². The number of hydrogen-bond donors (Lipinski definition) is 1. The standard InChI is InChI=1S/C17H27N3O4S/c1-6-19(7-2)25(23,24)14-10-8-13(9-11-14)16(22)20(12-15(18)21)17(3,4)5/h8-11H,6-7,12H2,1-5H3,(H2,18,21). The summed E-state index contributed by atoms with van der Waals surface area (Å²) in [5, 5.41) is 0. The molecule has 0 aliphatic heterocycles. The van der Waals surface area contributed by atoms with Gasteiger partial charge in [0.15, 0.2) is 0 Å². The Kier molecular flexibility index (Phi) is 6.73. The molecular weight excluding hydrogens is 342 g/mol. The van der Waals surface area contributed by atoms with Crippen molar-refractivity contribution >= 4 is 21.8 Å². The normalized spacial score (nSPS) is 12.2. The van der Waals surface area contributed by atoms with Crippen LogP contribution in [0.5, 0.6) is 0 Å². The van der Waals surface area contributed by atoms with Crippen molar-refractivity contribution in [2.24, 2.45) is 5.73 Å². The van der Waals surface area contributed by atoms with Gasteiger partial charge in [0.25, 0.3) is 5.91 Å². The molecular formula is C17H27N3O4S. The molecule has 8 heteroatoms. The Morgan fingerprint density at radius 2 is 1.52 bits per heavy atom. The Morgan fingerprint density at radius 1 is 1.04 bits per heavy atom. The first-order valence-electron chi connectivity index (χ1n) is 8.15. The number of benzene rings is 1. The molecule has 25 heavy (non-hydrogen) atoms. The zero-order valence-corrected chi connectivity index (χ0v) is 16.3. The predicted octanol–water partition coefficient (Wildman–Crippen LogP) is 1.44. The molecule has 7 nitrogen and oxygen atoms in total. The highest BCUT2D eigenvalue weighted by molar-refractivity contribution is 7.89. The maximum atomic E-state index is 12.7. The molecule has 0 unspecified atom stereocenters. The first kappa shape index (κ1) is 21.1. The summed E-state index contributed by atoms with van der Waals surface area (Å²) in [4.78, 5) is 25.4. The summed E-state index contributed by atoms with van der Waals surface area (Å²) < 4.78 is 26.3. The smallest absolute Gasteiger partial charge is 0.254 e. The number of nitrogens with two attached hydrogens (primary N) is 1. The van der Waals surface area contributed by atoms with Gasteiger partial charge in [0.1, 0.15) is 6.54 Å². The van der Waals surface area contributed by atoms with Crippen molar-refractivity contribution in [1.29, 1.82) is 0 Å². The molecule has 0 atom stereocenters. The van der Waals surface area contributed by atoms with Gasteiger partial charge in [0.05, 0.1) is 4.90 Å². The minimum Gasteiger partial charge on any atom is -0.368 e. The number of nitrogens with zero attached hydrogens (tertiary/aromatic N) is 2. The highest BCUT2D eigenvalue weighted by atomic mass is 32.2. The third kappa shape index (κ3) is 5.02. The molecule has 0 aliphatic carbocycles. The number of rotatable bonds is 7. The van der Waals surface area contributed by atoms with Gasteiger partial charge in [0, 0.05) is 24.2 Å². The molecule has 0 aliphatic rings. The minimum atomic E-state index is -3.58. The molecule has 2 amide bonds. The van der Waals surface area contributed by atoms with Gasteiger partial charge < -0.3 is 10.6 Å². The van der Waals surface area contributed by atoms with Gasteiger partial charge in [-0.05, 0) is 45.0 Å². The van der Waals surface area contributed by atoms with Gasteiger partial charge in [-0.25, -0.2) is 8.42 Å². The molecule has 1 aromatic carbocycles. The fourth-order valence-corrected chi connectivity index (χ4v) is 3.87. The average Bonchev–Trinajstić information content (AvgIpc) is 2.52. The maximum Gasteiger partial charge on any atom is 0.254 e. The van der Waals surface area contributed by atoms with E-state index in [9.17, 15) is 18.0 Å². The molecule has 0 radical (unpaired) electrons. The van der Waals surface area contributed by atoms with E-state index in [0.717, 1.165) is 0 Å². The molecule has 0 aromatic heterocycles. The van der Waals surface area contributed by atoms with E-state index in [-0.39, 0.29) is 17.3 Å². The Balaban J connectivity index is 3.17. The van der Waals surface area contributed by atoms with Gasteiger partial charge in [-0.15, -0.1) is 0 Å². The third-order valence-electron chi connectivity index (χ3n) is 3.81. The van der Waals surface area contributed by atoms with Crippen molar-refractivity contribution in [2.45, 2.75) is 45.1 Å². The van der Waals surface area contributed by atoms with Crippen LogP contribution in [-0.4, -0.2) is 54.6 Å². The largest absolute Gasteiger partial charge is 0.368 e. The summed E-state index contributed by atoms with van der Waals surface area (Å²) in [5.41, 5.74) is 4.93. The van der Waals surface area contributed by atoms with Gasteiger partial charge in [-0.1, -0.05) is 13.8 Å². The van der Waals surface area contributed by atoms with Crippen molar-refractivity contribution < 1.29 is 18.0 Å². The van der Waals surface area contributed by atoms with Gasteiger partial charge in [0.2, 0.25) is 15.9 Å². The van der Waals surface area contributed by atoms with Crippen LogP contribution in [0, 0.1) is 0 Å². The summed E-state index contributed by atoms with van der Waals surface area (Å²) in [6.07, 6.45) is 0. The fraction of sp³-hybridized carbons (Fsp3) is 0.529. The molecule has 0 saturated heterocycles. The van der Waals surface area contributed by atoms with Crippen molar-refractivity contribution in [1.82, 2.24) is 9.21 Å². The molecule has 0 saturated carbocycles. The zero-order valence-electron chi connectivity index (χ0n) is 15.4. The summed E-state index contributed by atoms with van der Waals surface area (Å²) in [6.45, 7) is 9.47. The van der Waals surface area contributed by atoms with E-state index in [4.69, 9.17) is 5.73 Å². The fourth-order valence-electron chi connectivity index (χ4n) is 2.41. The van der Waals surface area contributed by atoms with Crippen LogP contribution in [0.25, 0.3) is 0 Å². The van der Waals surface area contributed by atoms with Gasteiger partial charge >= 0.3 is 0 Å². The predicted molar refractivity (Wildman–Crippen MR) is 96.5 cm³/mol. The molecule has 1 aromatic rings. The second-order valence-electron chi connectivity index (χ2n) is 6.64. The lowest BCUT2D eigenvalue weighted by Crippen LogP contribution is -2.49. The monoisotopic (exact) mass is 369 g/mol. The molecule has 0 bridgehead atoms. The van der Waals surface area contributed by atoms with E-state index in [1.54, 1.807) is 34.6 Å². The van der Waals surface area contributed by atoms with E-state index in [2.05, 4.69) is 0 Å². The van der Waals surface area contributed by atoms with Crippen molar-refractivity contribution in [3.63, 3.8) is 0 Å². The number of hydrogen-bond acceptors (Lipinski definition) is 4. The first-order chi connectivity index (χ1) is 11.4. The lowest BCUT2D eigenvalue weighted by Gasteiger charge is -2.34. The van der Waals surface area contributed by atoms with Crippen LogP contribution in [-0.2, 0) is 14.8 Å². The zero-order chi connectivity index (χ0) is 19.4. The summed E-state index contributed by atoms with van der Waals surface area (Å²) >= 11 is 0. The topological polar surface area (TPSA) is 101 Å². The Hall–Kier alpha value is -1.93. The highest BCUT2D eigenvalue weighted by Crippen LogP contribution is 2.20. The van der Waals surface area contributed by atoms with Crippen LogP contribution in [0.4, 0.5) is 0 Å². The van der Waals surface area contributed by atoms with Crippen LogP contribution in [0.2, 0.25) is 0 Å². The number of primary amides is 1. The van der Waals surface area contributed by atoms with Crippen LogP contribution >= 0.6 is 0 Å². The molecule has 0 heterocycles. The highest BCUT2D eigenvalue weighted by Gasteiger charge is 2.29. The molecule has 1 rings (SSSR count). The van der Waals surface area contributed by atoms with E-state index >= 15 is 0 Å². The molecule has 140 valence electrons. The van der Waals surface area contributed by atoms with Crippen LogP contribution in [0.15, 0.2) is 29.2 Å². The van der Waals surface area contributed by atoms with E-state index < -0.39 is 21.5 Å². The van der Waals surface area contributed by atoms with Gasteiger partial charge in [-0.3, -0.25) is 9.59 Å². The SMILES string of the molecule is CCN(CC)S(=O)(=O)c1ccc(C(=O)N(CC(N)=O)C(C)(C)C)cc1. The quantitative estimate of drug-likeness (QED) is 0.786. The lowest BCUT2D eigenvalue weighted by molar-refractivity contribution is -0.119. The molecule has 0 spiro atoms. The third-order valence-corrected chi connectivity index (χ3v) is 5.88. The number of carbonyl (C=O) groups is 2. The summed E-state index contributed by atoms with van der Waals surface area (Å²) in [7, 11) is -3.58. The second kappa shape index (κ2) is 7.97. The number of sulfonamides is 1. The summed E-state index contributed by atoms with van der Waals surface area (Å²) in [5.74, 6) is -0.984. The lowest BCUT2D eigenvalue weighted by atomic mass is 10.0. The summed E-state index contributed by atoms with van der Waals surface area (Å²) in [6, 6.07) is 5.73. The number of amides is 2. The molecule has 2 N–H and O–H groups in total. The average molecular weight is 369 g/mol. The van der Waals surface area contributed by atoms with Crippen molar-refractivity contribution in [2.75, 3.05) is 19.6 Å². The number of carbonyl (C=O) groups excluding carboxylic acids is 2. The first-order valence-corrected chi connectivity index (χ1v) is 9.59. The Morgan fingerprint density at radius 3 is 1.88 bits per heavy atom. The van der Waals surface area contributed by atoms with E-state index in [0.29, 0.717) is 18.7 Å². The van der Waals surface area contributed by atoms with E-state index in [1.807, 2.05) is 0 Å².